The van der Waals surface area contributed by atoms with Gasteiger partial charge in [0.05, 0.1) is 11.5 Å². The molecule has 0 saturated carbocycles. The van der Waals surface area contributed by atoms with Crippen LogP contribution in [0.5, 0.6) is 11.5 Å². The lowest BCUT2D eigenvalue weighted by atomic mass is 10.1. The van der Waals surface area contributed by atoms with E-state index in [4.69, 9.17) is 13.9 Å². The number of fused-ring (bicyclic) bond motifs is 1. The van der Waals surface area contributed by atoms with Crippen molar-refractivity contribution in [2.45, 2.75) is 18.9 Å². The van der Waals surface area contributed by atoms with Crippen LogP contribution in [0, 0.1) is 0 Å². The SMILES string of the molecule is O=C(NC1CCCS(=O)(=O)C1)c1ncoc1-c1ccc2c(c1)OCCO2. The molecule has 1 amide bonds. The third kappa shape index (κ3) is 3.39. The Labute approximate surface area is 150 Å². The summed E-state index contributed by atoms with van der Waals surface area (Å²) in [4.78, 5) is 16.6. The fourth-order valence-electron chi connectivity index (χ4n) is 3.19. The van der Waals surface area contributed by atoms with Crippen LogP contribution in [0.4, 0.5) is 0 Å². The van der Waals surface area contributed by atoms with E-state index >= 15 is 0 Å². The van der Waals surface area contributed by atoms with Gasteiger partial charge >= 0.3 is 0 Å². The average Bonchev–Trinajstić information content (AvgIpc) is 3.10. The van der Waals surface area contributed by atoms with Gasteiger partial charge in [0.2, 0.25) is 0 Å². The highest BCUT2D eigenvalue weighted by Crippen LogP contribution is 2.35. The Morgan fingerprint density at radius 1 is 1.19 bits per heavy atom. The van der Waals surface area contributed by atoms with Crippen molar-refractivity contribution in [3.63, 3.8) is 0 Å². The van der Waals surface area contributed by atoms with Gasteiger partial charge < -0.3 is 19.2 Å². The smallest absolute Gasteiger partial charge is 0.274 e. The molecule has 26 heavy (non-hydrogen) atoms. The second-order valence-corrected chi connectivity index (χ2v) is 8.54. The van der Waals surface area contributed by atoms with Crippen LogP contribution in [0.15, 0.2) is 29.0 Å². The molecular weight excluding hydrogens is 360 g/mol. The number of nitrogens with one attached hydrogen (secondary N) is 1. The first-order chi connectivity index (χ1) is 12.5. The maximum atomic E-state index is 12.6. The van der Waals surface area contributed by atoms with E-state index in [-0.39, 0.29) is 17.2 Å². The molecule has 1 fully saturated rings. The zero-order valence-corrected chi connectivity index (χ0v) is 14.8. The van der Waals surface area contributed by atoms with Gasteiger partial charge in [0.1, 0.15) is 13.2 Å². The number of carbonyl (C=O) groups excluding carboxylic acids is 1. The Morgan fingerprint density at radius 2 is 2.00 bits per heavy atom. The molecule has 2 aliphatic rings. The number of rotatable bonds is 3. The number of nitrogens with zero attached hydrogens (tertiary/aromatic N) is 1. The first kappa shape index (κ1) is 16.9. The normalized spacial score (nSPS) is 21.2. The molecule has 1 aromatic heterocycles. The van der Waals surface area contributed by atoms with Gasteiger partial charge in [-0.3, -0.25) is 4.79 Å². The Kier molecular flexibility index (Phi) is 4.31. The predicted octanol–water partition coefficient (Wildman–Crippen LogP) is 1.42. The van der Waals surface area contributed by atoms with Crippen molar-refractivity contribution in [3.05, 3.63) is 30.3 Å². The lowest BCUT2D eigenvalue weighted by Crippen LogP contribution is -2.43. The lowest BCUT2D eigenvalue weighted by molar-refractivity contribution is 0.0934. The van der Waals surface area contributed by atoms with Crippen LogP contribution in [-0.2, 0) is 9.84 Å². The molecule has 2 aromatic rings. The van der Waals surface area contributed by atoms with Crippen molar-refractivity contribution in [2.24, 2.45) is 0 Å². The van der Waals surface area contributed by atoms with Crippen molar-refractivity contribution >= 4 is 15.7 Å². The van der Waals surface area contributed by atoms with Gasteiger partial charge in [0, 0.05) is 11.6 Å². The van der Waals surface area contributed by atoms with Crippen LogP contribution >= 0.6 is 0 Å². The highest BCUT2D eigenvalue weighted by molar-refractivity contribution is 7.91. The minimum atomic E-state index is -3.11. The van der Waals surface area contributed by atoms with Gasteiger partial charge in [0.15, 0.2) is 39.2 Å². The van der Waals surface area contributed by atoms with Gasteiger partial charge in [0.25, 0.3) is 5.91 Å². The zero-order chi connectivity index (χ0) is 18.1. The largest absolute Gasteiger partial charge is 0.486 e. The summed E-state index contributed by atoms with van der Waals surface area (Å²) in [5.74, 6) is 1.19. The van der Waals surface area contributed by atoms with E-state index in [0.717, 1.165) is 0 Å². The molecule has 0 radical (unpaired) electrons. The highest BCUT2D eigenvalue weighted by atomic mass is 32.2. The molecule has 1 unspecified atom stereocenters. The summed E-state index contributed by atoms with van der Waals surface area (Å²) in [6.07, 6.45) is 2.36. The van der Waals surface area contributed by atoms with Crippen LogP contribution in [0.1, 0.15) is 23.3 Å². The van der Waals surface area contributed by atoms with E-state index in [0.29, 0.717) is 48.9 Å². The topological polar surface area (TPSA) is 108 Å². The van der Waals surface area contributed by atoms with E-state index in [2.05, 4.69) is 10.3 Å². The number of carbonyl (C=O) groups is 1. The number of hydrogen-bond acceptors (Lipinski definition) is 7. The molecular formula is C17H18N2O6S. The van der Waals surface area contributed by atoms with Gasteiger partial charge in [-0.25, -0.2) is 13.4 Å². The number of sulfone groups is 1. The van der Waals surface area contributed by atoms with Crippen molar-refractivity contribution in [2.75, 3.05) is 24.7 Å². The second-order valence-electron chi connectivity index (χ2n) is 6.32. The summed E-state index contributed by atoms with van der Waals surface area (Å²) in [6, 6.07) is 4.83. The van der Waals surface area contributed by atoms with Crippen LogP contribution in [0.3, 0.4) is 0 Å². The molecule has 8 nitrogen and oxygen atoms in total. The standard InChI is InChI=1S/C17H18N2O6S/c20-17(19-12-2-1-7-26(21,22)9-12)15-16(25-10-18-15)11-3-4-13-14(8-11)24-6-5-23-13/h3-4,8,10,12H,1-2,5-7,9H2,(H,19,20). The first-order valence-electron chi connectivity index (χ1n) is 8.37. The molecule has 138 valence electrons. The average molecular weight is 378 g/mol. The van der Waals surface area contributed by atoms with E-state index in [1.807, 2.05) is 0 Å². The molecule has 1 N–H and O–H groups in total. The molecule has 0 bridgehead atoms. The monoisotopic (exact) mass is 378 g/mol. The third-order valence-electron chi connectivity index (χ3n) is 4.39. The quantitative estimate of drug-likeness (QED) is 0.860. The minimum Gasteiger partial charge on any atom is -0.486 e. The van der Waals surface area contributed by atoms with Gasteiger partial charge in [-0.05, 0) is 31.0 Å². The summed E-state index contributed by atoms with van der Waals surface area (Å²) in [5.41, 5.74) is 0.748. The summed E-state index contributed by atoms with van der Waals surface area (Å²) in [7, 11) is -3.11. The second kappa shape index (κ2) is 6.64. The molecule has 4 rings (SSSR count). The molecule has 9 heteroatoms. The summed E-state index contributed by atoms with van der Waals surface area (Å²) < 4.78 is 39.9. The fraction of sp³-hybridized carbons (Fsp3) is 0.412. The van der Waals surface area contributed by atoms with Crippen LogP contribution in [0.25, 0.3) is 11.3 Å². The fourth-order valence-corrected chi connectivity index (χ4v) is 4.82. The third-order valence-corrected chi connectivity index (χ3v) is 6.21. The Balaban J connectivity index is 1.56. The molecule has 1 saturated heterocycles. The van der Waals surface area contributed by atoms with Crippen molar-refractivity contribution in [1.82, 2.24) is 10.3 Å². The number of benzene rings is 1. The number of hydrogen-bond donors (Lipinski definition) is 1. The number of aromatic nitrogens is 1. The lowest BCUT2D eigenvalue weighted by Gasteiger charge is -2.22. The van der Waals surface area contributed by atoms with Crippen molar-refractivity contribution in [1.29, 1.82) is 0 Å². The van der Waals surface area contributed by atoms with Crippen LogP contribution < -0.4 is 14.8 Å². The summed E-state index contributed by atoms with van der Waals surface area (Å²) in [6.45, 7) is 0.947. The molecule has 0 spiro atoms. The van der Waals surface area contributed by atoms with Crippen LogP contribution in [-0.4, -0.2) is 50.1 Å². The summed E-state index contributed by atoms with van der Waals surface area (Å²) in [5, 5.41) is 2.75. The molecule has 1 atom stereocenters. The van der Waals surface area contributed by atoms with Crippen LogP contribution in [0.2, 0.25) is 0 Å². The number of oxazole rings is 1. The Bertz CT molecular complexity index is 936. The molecule has 0 aliphatic carbocycles. The first-order valence-corrected chi connectivity index (χ1v) is 10.2. The Morgan fingerprint density at radius 3 is 2.81 bits per heavy atom. The van der Waals surface area contributed by atoms with Crippen molar-refractivity contribution < 1.29 is 27.1 Å². The Hall–Kier alpha value is -2.55. The van der Waals surface area contributed by atoms with E-state index < -0.39 is 21.8 Å². The van der Waals surface area contributed by atoms with Crippen molar-refractivity contribution in [3.8, 4) is 22.8 Å². The van der Waals surface area contributed by atoms with E-state index in [1.54, 1.807) is 18.2 Å². The van der Waals surface area contributed by atoms with E-state index in [9.17, 15) is 13.2 Å². The maximum Gasteiger partial charge on any atom is 0.274 e. The number of amides is 1. The van der Waals surface area contributed by atoms with Gasteiger partial charge in [-0.1, -0.05) is 0 Å². The highest BCUT2D eigenvalue weighted by Gasteiger charge is 2.28. The maximum absolute atomic E-state index is 12.6. The molecule has 2 aliphatic heterocycles. The van der Waals surface area contributed by atoms with E-state index in [1.165, 1.54) is 6.39 Å². The zero-order valence-electron chi connectivity index (χ0n) is 13.9. The van der Waals surface area contributed by atoms with Gasteiger partial charge in [-0.15, -0.1) is 0 Å². The molecule has 1 aromatic carbocycles. The number of ether oxygens (including phenoxy) is 2. The van der Waals surface area contributed by atoms with Gasteiger partial charge in [-0.2, -0.15) is 0 Å². The molecule has 3 heterocycles. The summed E-state index contributed by atoms with van der Waals surface area (Å²) >= 11 is 0. The minimum absolute atomic E-state index is 0.0457. The predicted molar refractivity (Wildman–Crippen MR) is 92.1 cm³/mol.